The first-order valence-electron chi connectivity index (χ1n) is 7.15. The topological polar surface area (TPSA) is 24.9 Å². The number of aromatic nitrogens is 1. The molecule has 1 heterocycles. The Kier molecular flexibility index (Phi) is 4.12. The molecule has 3 heteroatoms. The average molecular weight is 266 g/mol. The summed E-state index contributed by atoms with van der Waals surface area (Å²) < 4.78 is 0. The number of hydrogen-bond donors (Lipinski definition) is 1. The monoisotopic (exact) mass is 266 g/mol. The van der Waals surface area contributed by atoms with Crippen LogP contribution < -0.4 is 5.32 Å². The van der Waals surface area contributed by atoms with Crippen molar-refractivity contribution in [2.45, 2.75) is 58.9 Å². The van der Waals surface area contributed by atoms with Crippen LogP contribution in [0.1, 0.15) is 58.4 Å². The van der Waals surface area contributed by atoms with Crippen molar-refractivity contribution >= 4 is 11.3 Å². The largest absolute Gasteiger partial charge is 0.305 e. The van der Waals surface area contributed by atoms with Gasteiger partial charge in [-0.1, -0.05) is 27.7 Å². The maximum atomic E-state index is 4.62. The second-order valence-electron chi connectivity index (χ2n) is 6.50. The lowest BCUT2D eigenvalue weighted by Crippen LogP contribution is -2.52. The van der Waals surface area contributed by atoms with Crippen molar-refractivity contribution in [1.29, 1.82) is 0 Å². The fourth-order valence-electron chi connectivity index (χ4n) is 3.33. The molecule has 2 unspecified atom stereocenters. The Morgan fingerprint density at radius 1 is 1.44 bits per heavy atom. The maximum absolute atomic E-state index is 4.62. The molecule has 1 saturated carbocycles. The summed E-state index contributed by atoms with van der Waals surface area (Å²) in [5.41, 5.74) is 0.605. The van der Waals surface area contributed by atoms with E-state index in [1.165, 1.54) is 30.7 Å². The first kappa shape index (κ1) is 14.0. The second-order valence-corrected chi connectivity index (χ2v) is 7.40. The molecule has 102 valence electrons. The predicted octanol–water partition coefficient (Wildman–Crippen LogP) is 4.18. The van der Waals surface area contributed by atoms with Gasteiger partial charge in [0.05, 0.1) is 5.54 Å². The van der Waals surface area contributed by atoms with Crippen LogP contribution in [0.3, 0.4) is 0 Å². The molecule has 1 aromatic rings. The van der Waals surface area contributed by atoms with Gasteiger partial charge < -0.3 is 5.32 Å². The minimum atomic E-state index is 0.125. The summed E-state index contributed by atoms with van der Waals surface area (Å²) >= 11 is 1.81. The van der Waals surface area contributed by atoms with E-state index in [1.807, 2.05) is 17.5 Å². The minimum Gasteiger partial charge on any atom is -0.305 e. The van der Waals surface area contributed by atoms with E-state index in [2.05, 4.69) is 43.4 Å². The highest BCUT2D eigenvalue weighted by Gasteiger charge is 2.46. The van der Waals surface area contributed by atoms with Gasteiger partial charge in [-0.15, -0.1) is 11.3 Å². The zero-order valence-corrected chi connectivity index (χ0v) is 12.9. The van der Waals surface area contributed by atoms with E-state index in [4.69, 9.17) is 0 Å². The molecule has 2 nitrogen and oxygen atoms in total. The first-order chi connectivity index (χ1) is 8.50. The third-order valence-electron chi connectivity index (χ3n) is 4.40. The Morgan fingerprint density at radius 2 is 2.22 bits per heavy atom. The van der Waals surface area contributed by atoms with E-state index in [1.54, 1.807) is 0 Å². The van der Waals surface area contributed by atoms with Gasteiger partial charge in [-0.2, -0.15) is 0 Å². The zero-order valence-electron chi connectivity index (χ0n) is 12.1. The van der Waals surface area contributed by atoms with Crippen LogP contribution in [-0.2, 0) is 5.54 Å². The van der Waals surface area contributed by atoms with Crippen molar-refractivity contribution in [1.82, 2.24) is 10.3 Å². The van der Waals surface area contributed by atoms with E-state index in [9.17, 15) is 0 Å². The molecule has 18 heavy (non-hydrogen) atoms. The van der Waals surface area contributed by atoms with Crippen LogP contribution in [0.25, 0.3) is 0 Å². The lowest BCUT2D eigenvalue weighted by atomic mass is 9.64. The molecular weight excluding hydrogens is 240 g/mol. The summed E-state index contributed by atoms with van der Waals surface area (Å²) in [6.07, 6.45) is 6.91. The smallest absolute Gasteiger partial charge is 0.113 e. The zero-order chi connectivity index (χ0) is 13.2. The van der Waals surface area contributed by atoms with Crippen LogP contribution in [0.2, 0.25) is 0 Å². The van der Waals surface area contributed by atoms with Crippen molar-refractivity contribution in [3.63, 3.8) is 0 Å². The molecule has 1 aromatic heterocycles. The summed E-state index contributed by atoms with van der Waals surface area (Å²) in [5.74, 6) is 0.652. The molecule has 2 atom stereocenters. The third kappa shape index (κ3) is 2.62. The summed E-state index contributed by atoms with van der Waals surface area (Å²) in [5, 5.41) is 7.22. The van der Waals surface area contributed by atoms with Gasteiger partial charge in [-0.25, -0.2) is 4.98 Å². The summed E-state index contributed by atoms with van der Waals surface area (Å²) in [4.78, 5) is 4.62. The molecule has 1 aliphatic rings. The Morgan fingerprint density at radius 3 is 2.78 bits per heavy atom. The van der Waals surface area contributed by atoms with Gasteiger partial charge in [0.1, 0.15) is 5.01 Å². The Labute approximate surface area is 115 Å². The highest BCUT2D eigenvalue weighted by atomic mass is 32.1. The molecule has 0 amide bonds. The standard InChI is InChI=1S/C15H26N2S/c1-5-8-17-15(13-16-9-10-18-13)7-6-14(3,4)11-12(15)2/h9-10,12,17H,5-8,11H2,1-4H3. The molecule has 0 bridgehead atoms. The number of nitrogens with one attached hydrogen (secondary N) is 1. The van der Waals surface area contributed by atoms with Crippen LogP contribution in [-0.4, -0.2) is 11.5 Å². The van der Waals surface area contributed by atoms with Gasteiger partial charge in [-0.3, -0.25) is 0 Å². The molecule has 0 spiro atoms. The van der Waals surface area contributed by atoms with Crippen LogP contribution in [0.4, 0.5) is 0 Å². The molecule has 0 aliphatic heterocycles. The number of thiazole rings is 1. The van der Waals surface area contributed by atoms with E-state index >= 15 is 0 Å². The SMILES string of the molecule is CCCNC1(c2nccs2)CCC(C)(C)CC1C. The van der Waals surface area contributed by atoms with Crippen LogP contribution in [0.5, 0.6) is 0 Å². The number of rotatable bonds is 4. The lowest BCUT2D eigenvalue weighted by molar-refractivity contribution is 0.0716. The van der Waals surface area contributed by atoms with Gasteiger partial charge in [0.25, 0.3) is 0 Å². The van der Waals surface area contributed by atoms with Crippen molar-refractivity contribution in [3.05, 3.63) is 16.6 Å². The van der Waals surface area contributed by atoms with Crippen LogP contribution in [0, 0.1) is 11.3 Å². The first-order valence-corrected chi connectivity index (χ1v) is 8.03. The fraction of sp³-hybridized carbons (Fsp3) is 0.800. The van der Waals surface area contributed by atoms with Crippen molar-refractivity contribution in [2.24, 2.45) is 11.3 Å². The van der Waals surface area contributed by atoms with Crippen LogP contribution >= 0.6 is 11.3 Å². The summed E-state index contributed by atoms with van der Waals surface area (Å²) in [7, 11) is 0. The minimum absolute atomic E-state index is 0.125. The van der Waals surface area contributed by atoms with E-state index in [0.29, 0.717) is 11.3 Å². The highest BCUT2D eigenvalue weighted by Crippen LogP contribution is 2.49. The molecular formula is C15H26N2S. The molecule has 0 saturated heterocycles. The van der Waals surface area contributed by atoms with Crippen molar-refractivity contribution in [3.8, 4) is 0 Å². The Hall–Kier alpha value is -0.410. The van der Waals surface area contributed by atoms with Gasteiger partial charge in [-0.05, 0) is 43.6 Å². The number of nitrogens with zero attached hydrogens (tertiary/aromatic N) is 1. The van der Waals surface area contributed by atoms with E-state index < -0.39 is 0 Å². The van der Waals surface area contributed by atoms with Gasteiger partial charge in [0, 0.05) is 11.6 Å². The highest BCUT2D eigenvalue weighted by molar-refractivity contribution is 7.09. The molecule has 1 fully saturated rings. The normalized spacial score (nSPS) is 31.4. The Balaban J connectivity index is 2.26. The molecule has 1 N–H and O–H groups in total. The van der Waals surface area contributed by atoms with Crippen molar-refractivity contribution < 1.29 is 0 Å². The number of hydrogen-bond acceptors (Lipinski definition) is 3. The van der Waals surface area contributed by atoms with Gasteiger partial charge in [0.15, 0.2) is 0 Å². The fourth-order valence-corrected chi connectivity index (χ4v) is 4.29. The lowest BCUT2D eigenvalue weighted by Gasteiger charge is -2.48. The van der Waals surface area contributed by atoms with Gasteiger partial charge >= 0.3 is 0 Å². The summed E-state index contributed by atoms with van der Waals surface area (Å²) in [6, 6.07) is 0. The van der Waals surface area contributed by atoms with Gasteiger partial charge in [0.2, 0.25) is 0 Å². The third-order valence-corrected chi connectivity index (χ3v) is 5.35. The second kappa shape index (κ2) is 5.30. The molecule has 0 aromatic carbocycles. The van der Waals surface area contributed by atoms with E-state index in [-0.39, 0.29) is 5.54 Å². The average Bonchev–Trinajstić information content (AvgIpc) is 2.82. The maximum Gasteiger partial charge on any atom is 0.113 e. The molecule has 0 radical (unpaired) electrons. The summed E-state index contributed by atoms with van der Waals surface area (Å²) in [6.45, 7) is 10.5. The molecule has 2 rings (SSSR count). The predicted molar refractivity (Wildman–Crippen MR) is 78.9 cm³/mol. The Bertz CT molecular complexity index is 372. The van der Waals surface area contributed by atoms with Crippen molar-refractivity contribution in [2.75, 3.05) is 6.54 Å². The van der Waals surface area contributed by atoms with E-state index in [0.717, 1.165) is 6.54 Å². The quantitative estimate of drug-likeness (QED) is 0.884. The van der Waals surface area contributed by atoms with Crippen LogP contribution in [0.15, 0.2) is 11.6 Å². The molecule has 1 aliphatic carbocycles.